The maximum absolute atomic E-state index is 5.48. The minimum Gasteiger partial charge on any atom is -0.497 e. The van der Waals surface area contributed by atoms with Crippen molar-refractivity contribution >= 4 is 0 Å². The van der Waals surface area contributed by atoms with Crippen LogP contribution in [0, 0.1) is 5.92 Å². The molecule has 3 rings (SSSR count). The predicted octanol–water partition coefficient (Wildman–Crippen LogP) is 3.58. The van der Waals surface area contributed by atoms with Crippen molar-refractivity contribution in [1.82, 2.24) is 10.1 Å². The van der Waals surface area contributed by atoms with Gasteiger partial charge in [0.25, 0.3) is 0 Å². The summed E-state index contributed by atoms with van der Waals surface area (Å²) in [7, 11) is 1.68. The van der Waals surface area contributed by atoms with Crippen LogP contribution in [0.25, 0.3) is 11.3 Å². The quantitative estimate of drug-likeness (QED) is 0.861. The van der Waals surface area contributed by atoms with Crippen molar-refractivity contribution in [2.24, 2.45) is 5.92 Å². The Morgan fingerprint density at radius 1 is 1.33 bits per heavy atom. The van der Waals surface area contributed by atoms with Crippen LogP contribution >= 0.6 is 0 Å². The molecular weight excluding hydrogens is 264 g/mol. The molecule has 2 heterocycles. The summed E-state index contributed by atoms with van der Waals surface area (Å²) in [6.45, 7) is 5.55. The third kappa shape index (κ3) is 3.27. The molecule has 0 spiro atoms. The minimum absolute atomic E-state index is 0.835. The number of methoxy groups -OCH3 is 1. The van der Waals surface area contributed by atoms with E-state index < -0.39 is 0 Å². The van der Waals surface area contributed by atoms with E-state index in [1.54, 1.807) is 7.11 Å². The molecule has 112 valence electrons. The van der Waals surface area contributed by atoms with Crippen LogP contribution < -0.4 is 4.74 Å². The maximum Gasteiger partial charge on any atom is 0.171 e. The van der Waals surface area contributed by atoms with Gasteiger partial charge in [-0.05, 0) is 44.0 Å². The van der Waals surface area contributed by atoms with E-state index in [1.807, 2.05) is 30.5 Å². The van der Waals surface area contributed by atoms with E-state index in [0.717, 1.165) is 48.2 Å². The molecule has 0 bridgehead atoms. The standard InChI is InChI=1S/C17H22N2O2/c1-13-6-8-19(9-7-13)12-15-11-18-21-17(15)14-4-3-5-16(10-14)20-2/h3-5,10-11,13H,6-9,12H2,1-2H3. The van der Waals surface area contributed by atoms with Crippen LogP contribution in [0.4, 0.5) is 0 Å². The first-order valence-corrected chi connectivity index (χ1v) is 7.56. The summed E-state index contributed by atoms with van der Waals surface area (Å²) in [5, 5.41) is 3.99. The van der Waals surface area contributed by atoms with Crippen molar-refractivity contribution in [1.29, 1.82) is 0 Å². The van der Waals surface area contributed by atoms with E-state index in [1.165, 1.54) is 12.8 Å². The van der Waals surface area contributed by atoms with Gasteiger partial charge in [-0.15, -0.1) is 0 Å². The van der Waals surface area contributed by atoms with Gasteiger partial charge in [0.05, 0.1) is 13.3 Å². The molecule has 21 heavy (non-hydrogen) atoms. The van der Waals surface area contributed by atoms with Crippen molar-refractivity contribution in [3.63, 3.8) is 0 Å². The normalized spacial score (nSPS) is 17.0. The van der Waals surface area contributed by atoms with E-state index in [9.17, 15) is 0 Å². The fourth-order valence-electron chi connectivity index (χ4n) is 2.84. The third-order valence-electron chi connectivity index (χ3n) is 4.25. The number of piperidine rings is 1. The van der Waals surface area contributed by atoms with Crippen LogP contribution in [0.3, 0.4) is 0 Å². The van der Waals surface area contributed by atoms with Gasteiger partial charge in [0, 0.05) is 17.7 Å². The smallest absolute Gasteiger partial charge is 0.171 e. The summed E-state index contributed by atoms with van der Waals surface area (Å²) < 4.78 is 10.8. The highest BCUT2D eigenvalue weighted by Crippen LogP contribution is 2.28. The number of hydrogen-bond acceptors (Lipinski definition) is 4. The molecule has 1 aliphatic rings. The van der Waals surface area contributed by atoms with Crippen LogP contribution in [0.15, 0.2) is 35.0 Å². The van der Waals surface area contributed by atoms with Crippen molar-refractivity contribution in [2.75, 3.05) is 20.2 Å². The molecule has 1 fully saturated rings. The number of benzene rings is 1. The van der Waals surface area contributed by atoms with Gasteiger partial charge in [-0.3, -0.25) is 4.90 Å². The topological polar surface area (TPSA) is 38.5 Å². The Labute approximate surface area is 125 Å². The maximum atomic E-state index is 5.48. The molecule has 0 atom stereocenters. The molecule has 1 aliphatic heterocycles. The largest absolute Gasteiger partial charge is 0.497 e. The van der Waals surface area contributed by atoms with Crippen molar-refractivity contribution in [3.05, 3.63) is 36.0 Å². The average Bonchev–Trinajstić information content (AvgIpc) is 2.98. The lowest BCUT2D eigenvalue weighted by molar-refractivity contribution is 0.185. The number of likely N-dealkylation sites (tertiary alicyclic amines) is 1. The van der Waals surface area contributed by atoms with E-state index >= 15 is 0 Å². The molecule has 0 aliphatic carbocycles. The number of rotatable bonds is 4. The van der Waals surface area contributed by atoms with Gasteiger partial charge >= 0.3 is 0 Å². The summed E-state index contributed by atoms with van der Waals surface area (Å²) in [5.74, 6) is 2.54. The van der Waals surface area contributed by atoms with E-state index in [2.05, 4.69) is 17.0 Å². The summed E-state index contributed by atoms with van der Waals surface area (Å²) in [6, 6.07) is 7.93. The lowest BCUT2D eigenvalue weighted by Gasteiger charge is -2.29. The van der Waals surface area contributed by atoms with Gasteiger partial charge in [0.15, 0.2) is 5.76 Å². The highest BCUT2D eigenvalue weighted by atomic mass is 16.5. The van der Waals surface area contributed by atoms with Gasteiger partial charge in [0.2, 0.25) is 0 Å². The van der Waals surface area contributed by atoms with Crippen LogP contribution in [0.5, 0.6) is 5.75 Å². The summed E-state index contributed by atoms with van der Waals surface area (Å²) in [6.07, 6.45) is 4.40. The zero-order valence-corrected chi connectivity index (χ0v) is 12.7. The number of nitrogens with zero attached hydrogens (tertiary/aromatic N) is 2. The minimum atomic E-state index is 0.835. The first kappa shape index (κ1) is 14.1. The first-order valence-electron chi connectivity index (χ1n) is 7.56. The van der Waals surface area contributed by atoms with Crippen LogP contribution in [0.2, 0.25) is 0 Å². The second-order valence-electron chi connectivity index (χ2n) is 5.87. The molecule has 0 saturated carbocycles. The van der Waals surface area contributed by atoms with Crippen LogP contribution in [0.1, 0.15) is 25.3 Å². The number of aromatic nitrogens is 1. The molecular formula is C17H22N2O2. The summed E-state index contributed by atoms with van der Waals surface area (Å²) in [5.41, 5.74) is 2.17. The highest BCUT2D eigenvalue weighted by Gasteiger charge is 2.19. The predicted molar refractivity (Wildman–Crippen MR) is 82.2 cm³/mol. The van der Waals surface area contributed by atoms with Crippen molar-refractivity contribution < 1.29 is 9.26 Å². The second-order valence-corrected chi connectivity index (χ2v) is 5.87. The highest BCUT2D eigenvalue weighted by molar-refractivity contribution is 5.62. The molecule has 0 amide bonds. The Hall–Kier alpha value is -1.81. The molecule has 0 radical (unpaired) electrons. The Kier molecular flexibility index (Phi) is 4.25. The molecule has 4 nitrogen and oxygen atoms in total. The van der Waals surface area contributed by atoms with Gasteiger partial charge in [-0.2, -0.15) is 0 Å². The summed E-state index contributed by atoms with van der Waals surface area (Å²) >= 11 is 0. The lowest BCUT2D eigenvalue weighted by Crippen LogP contribution is -2.32. The first-order chi connectivity index (χ1) is 10.3. The summed E-state index contributed by atoms with van der Waals surface area (Å²) in [4.78, 5) is 2.48. The average molecular weight is 286 g/mol. The van der Waals surface area contributed by atoms with E-state index in [4.69, 9.17) is 9.26 Å². The monoisotopic (exact) mass is 286 g/mol. The molecule has 0 unspecified atom stereocenters. The van der Waals surface area contributed by atoms with Gasteiger partial charge in [-0.1, -0.05) is 24.2 Å². The molecule has 2 aromatic rings. The fraction of sp³-hybridized carbons (Fsp3) is 0.471. The van der Waals surface area contributed by atoms with E-state index in [-0.39, 0.29) is 0 Å². The van der Waals surface area contributed by atoms with Gasteiger partial charge < -0.3 is 9.26 Å². The second kappa shape index (κ2) is 6.31. The Morgan fingerprint density at radius 2 is 2.14 bits per heavy atom. The fourth-order valence-corrected chi connectivity index (χ4v) is 2.84. The molecule has 1 aromatic heterocycles. The van der Waals surface area contributed by atoms with Crippen molar-refractivity contribution in [2.45, 2.75) is 26.3 Å². The SMILES string of the molecule is COc1cccc(-c2oncc2CN2CCC(C)CC2)c1. The molecule has 1 saturated heterocycles. The van der Waals surface area contributed by atoms with Gasteiger partial charge in [0.1, 0.15) is 5.75 Å². The number of hydrogen-bond donors (Lipinski definition) is 0. The third-order valence-corrected chi connectivity index (χ3v) is 4.25. The zero-order chi connectivity index (χ0) is 14.7. The van der Waals surface area contributed by atoms with Crippen LogP contribution in [-0.4, -0.2) is 30.3 Å². The number of ether oxygens (including phenoxy) is 1. The van der Waals surface area contributed by atoms with E-state index in [0.29, 0.717) is 0 Å². The Bertz CT molecular complexity index is 586. The van der Waals surface area contributed by atoms with Crippen LogP contribution in [-0.2, 0) is 6.54 Å². The zero-order valence-electron chi connectivity index (χ0n) is 12.7. The van der Waals surface area contributed by atoms with Gasteiger partial charge in [-0.25, -0.2) is 0 Å². The molecule has 1 aromatic carbocycles. The Morgan fingerprint density at radius 3 is 2.90 bits per heavy atom. The van der Waals surface area contributed by atoms with Crippen molar-refractivity contribution in [3.8, 4) is 17.1 Å². The molecule has 0 N–H and O–H groups in total. The Balaban J connectivity index is 1.77. The molecule has 4 heteroatoms. The lowest BCUT2D eigenvalue weighted by atomic mass is 9.98.